The Morgan fingerprint density at radius 1 is 1.03 bits per heavy atom. The first-order valence-electron chi connectivity index (χ1n) is 10.5. The molecule has 0 spiro atoms. The Bertz CT molecular complexity index is 931. The molecular formula is C24H29N3O3. The number of carbonyl (C=O) groups excluding carboxylic acids is 2. The lowest BCUT2D eigenvalue weighted by atomic mass is 10.1. The molecule has 0 saturated heterocycles. The van der Waals surface area contributed by atoms with E-state index in [1.807, 2.05) is 66.4 Å². The number of methoxy groups -OCH3 is 1. The van der Waals surface area contributed by atoms with Gasteiger partial charge in [-0.3, -0.25) is 9.59 Å². The standard InChI is InChI=1S/C24H29N3O3/c1-26(2)22-13-8-19(25-23(28)16-4-5-16)14-18(22)15-27(20-9-10-20)24(29)17-6-11-21(30-3)12-7-17/h6-8,11-14,16,20H,4-5,9-10,15H2,1-3H3,(H,25,28). The molecule has 0 heterocycles. The van der Waals surface area contributed by atoms with Gasteiger partial charge >= 0.3 is 0 Å². The molecule has 0 bridgehead atoms. The van der Waals surface area contributed by atoms with Crippen LogP contribution >= 0.6 is 0 Å². The number of hydrogen-bond donors (Lipinski definition) is 1. The summed E-state index contributed by atoms with van der Waals surface area (Å²) >= 11 is 0. The van der Waals surface area contributed by atoms with Crippen LogP contribution in [0.5, 0.6) is 5.75 Å². The van der Waals surface area contributed by atoms with Crippen LogP contribution in [0.4, 0.5) is 11.4 Å². The Labute approximate surface area is 177 Å². The van der Waals surface area contributed by atoms with E-state index in [1.165, 1.54) is 0 Å². The number of nitrogens with zero attached hydrogens (tertiary/aromatic N) is 2. The van der Waals surface area contributed by atoms with E-state index in [4.69, 9.17) is 4.74 Å². The molecule has 0 atom stereocenters. The Morgan fingerprint density at radius 3 is 2.30 bits per heavy atom. The minimum Gasteiger partial charge on any atom is -0.497 e. The van der Waals surface area contributed by atoms with Crippen molar-refractivity contribution in [3.8, 4) is 5.75 Å². The minimum absolute atomic E-state index is 0.0253. The van der Waals surface area contributed by atoms with E-state index < -0.39 is 0 Å². The predicted octanol–water partition coefficient (Wildman–Crippen LogP) is 3.91. The fraction of sp³-hybridized carbons (Fsp3) is 0.417. The number of nitrogens with one attached hydrogen (secondary N) is 1. The highest BCUT2D eigenvalue weighted by Gasteiger charge is 2.34. The average molecular weight is 408 g/mol. The number of amides is 2. The molecule has 2 aliphatic rings. The molecule has 0 aromatic heterocycles. The molecule has 30 heavy (non-hydrogen) atoms. The zero-order chi connectivity index (χ0) is 21.3. The van der Waals surface area contributed by atoms with E-state index in [0.29, 0.717) is 12.1 Å². The lowest BCUT2D eigenvalue weighted by Gasteiger charge is -2.26. The van der Waals surface area contributed by atoms with E-state index >= 15 is 0 Å². The summed E-state index contributed by atoms with van der Waals surface area (Å²) < 4.78 is 5.21. The molecule has 2 amide bonds. The number of benzene rings is 2. The quantitative estimate of drug-likeness (QED) is 0.721. The minimum atomic E-state index is 0.0253. The number of hydrogen-bond acceptors (Lipinski definition) is 4. The first-order chi connectivity index (χ1) is 14.5. The highest BCUT2D eigenvalue weighted by molar-refractivity contribution is 5.95. The number of rotatable bonds is 8. The fourth-order valence-corrected chi connectivity index (χ4v) is 3.65. The Balaban J connectivity index is 1.58. The summed E-state index contributed by atoms with van der Waals surface area (Å²) in [7, 11) is 5.60. The van der Waals surface area contributed by atoms with Crippen LogP contribution in [-0.2, 0) is 11.3 Å². The number of ether oxygens (including phenoxy) is 1. The molecule has 0 radical (unpaired) electrons. The van der Waals surface area contributed by atoms with Crippen LogP contribution in [0.3, 0.4) is 0 Å². The normalized spacial score (nSPS) is 15.4. The van der Waals surface area contributed by atoms with Crippen molar-refractivity contribution < 1.29 is 14.3 Å². The molecule has 4 rings (SSSR count). The third-order valence-electron chi connectivity index (χ3n) is 5.70. The van der Waals surface area contributed by atoms with Gasteiger partial charge in [0.15, 0.2) is 0 Å². The van der Waals surface area contributed by atoms with Crippen LogP contribution in [0.15, 0.2) is 42.5 Å². The van der Waals surface area contributed by atoms with Crippen LogP contribution in [0, 0.1) is 5.92 Å². The topological polar surface area (TPSA) is 61.9 Å². The van der Waals surface area contributed by atoms with Crippen LogP contribution < -0.4 is 15.0 Å². The van der Waals surface area contributed by atoms with Crippen molar-refractivity contribution in [3.05, 3.63) is 53.6 Å². The highest BCUT2D eigenvalue weighted by atomic mass is 16.5. The van der Waals surface area contributed by atoms with Crippen molar-refractivity contribution in [1.29, 1.82) is 0 Å². The SMILES string of the molecule is COc1ccc(C(=O)N(Cc2cc(NC(=O)C3CC3)ccc2N(C)C)C2CC2)cc1. The molecule has 2 fully saturated rings. The van der Waals surface area contributed by atoms with Gasteiger partial charge in [-0.1, -0.05) is 0 Å². The molecule has 1 N–H and O–H groups in total. The number of anilines is 2. The first kappa shape index (κ1) is 20.3. The van der Waals surface area contributed by atoms with E-state index in [2.05, 4.69) is 5.32 Å². The zero-order valence-corrected chi connectivity index (χ0v) is 17.9. The molecule has 6 nitrogen and oxygen atoms in total. The van der Waals surface area contributed by atoms with Crippen molar-refractivity contribution in [2.75, 3.05) is 31.4 Å². The van der Waals surface area contributed by atoms with Crippen molar-refractivity contribution >= 4 is 23.2 Å². The molecule has 2 aliphatic carbocycles. The molecule has 158 valence electrons. The van der Waals surface area contributed by atoms with Crippen LogP contribution in [0.25, 0.3) is 0 Å². The first-order valence-corrected chi connectivity index (χ1v) is 10.5. The Kier molecular flexibility index (Phi) is 5.66. The smallest absolute Gasteiger partial charge is 0.254 e. The van der Waals surface area contributed by atoms with Gasteiger partial charge in [-0.15, -0.1) is 0 Å². The van der Waals surface area contributed by atoms with Gasteiger partial charge in [-0.2, -0.15) is 0 Å². The lowest BCUT2D eigenvalue weighted by molar-refractivity contribution is -0.117. The average Bonchev–Trinajstić information content (AvgIpc) is 3.64. The van der Waals surface area contributed by atoms with Crippen molar-refractivity contribution in [1.82, 2.24) is 4.90 Å². The third-order valence-corrected chi connectivity index (χ3v) is 5.70. The van der Waals surface area contributed by atoms with Gasteiger partial charge in [0.25, 0.3) is 5.91 Å². The summed E-state index contributed by atoms with van der Waals surface area (Å²) in [6.07, 6.45) is 4.00. The maximum absolute atomic E-state index is 13.3. The summed E-state index contributed by atoms with van der Waals surface area (Å²) in [5.41, 5.74) is 3.53. The maximum Gasteiger partial charge on any atom is 0.254 e. The van der Waals surface area contributed by atoms with Gasteiger partial charge in [0.1, 0.15) is 5.75 Å². The predicted molar refractivity (Wildman–Crippen MR) is 118 cm³/mol. The molecule has 6 heteroatoms. The fourth-order valence-electron chi connectivity index (χ4n) is 3.65. The lowest BCUT2D eigenvalue weighted by Crippen LogP contribution is -2.33. The summed E-state index contributed by atoms with van der Waals surface area (Å²) in [6.45, 7) is 0.510. The van der Waals surface area contributed by atoms with Gasteiger partial charge in [0.2, 0.25) is 5.91 Å². The molecule has 0 unspecified atom stereocenters. The molecule has 2 aromatic carbocycles. The van der Waals surface area contributed by atoms with Crippen LogP contribution in [0.2, 0.25) is 0 Å². The van der Waals surface area contributed by atoms with E-state index in [0.717, 1.165) is 48.4 Å². The van der Waals surface area contributed by atoms with Gasteiger partial charge in [0.05, 0.1) is 7.11 Å². The zero-order valence-electron chi connectivity index (χ0n) is 17.9. The van der Waals surface area contributed by atoms with Gasteiger partial charge in [-0.05, 0) is 73.7 Å². The van der Waals surface area contributed by atoms with Crippen LogP contribution in [0.1, 0.15) is 41.6 Å². The van der Waals surface area contributed by atoms with Gasteiger partial charge < -0.3 is 19.9 Å². The van der Waals surface area contributed by atoms with Crippen molar-refractivity contribution in [2.45, 2.75) is 38.3 Å². The Morgan fingerprint density at radius 2 is 1.73 bits per heavy atom. The molecule has 2 saturated carbocycles. The van der Waals surface area contributed by atoms with Crippen LogP contribution in [-0.4, -0.2) is 44.0 Å². The molecule has 0 aliphatic heterocycles. The van der Waals surface area contributed by atoms with Crippen molar-refractivity contribution in [3.63, 3.8) is 0 Å². The van der Waals surface area contributed by atoms with Gasteiger partial charge in [-0.25, -0.2) is 0 Å². The molecular weight excluding hydrogens is 378 g/mol. The molecule has 2 aromatic rings. The van der Waals surface area contributed by atoms with Gasteiger partial charge in [0, 0.05) is 49.5 Å². The summed E-state index contributed by atoms with van der Waals surface area (Å²) in [4.78, 5) is 29.5. The third kappa shape index (κ3) is 4.58. The maximum atomic E-state index is 13.3. The number of carbonyl (C=O) groups is 2. The highest BCUT2D eigenvalue weighted by Crippen LogP contribution is 2.34. The van der Waals surface area contributed by atoms with E-state index in [1.54, 1.807) is 7.11 Å². The van der Waals surface area contributed by atoms with E-state index in [9.17, 15) is 9.59 Å². The summed E-state index contributed by atoms with van der Waals surface area (Å²) in [6, 6.07) is 13.5. The summed E-state index contributed by atoms with van der Waals surface area (Å²) in [5.74, 6) is 1.00. The van der Waals surface area contributed by atoms with Crippen molar-refractivity contribution in [2.24, 2.45) is 5.92 Å². The second kappa shape index (κ2) is 8.38. The monoisotopic (exact) mass is 407 g/mol. The largest absolute Gasteiger partial charge is 0.497 e. The second-order valence-corrected chi connectivity index (χ2v) is 8.39. The van der Waals surface area contributed by atoms with E-state index in [-0.39, 0.29) is 23.8 Å². The second-order valence-electron chi connectivity index (χ2n) is 8.39. The Hall–Kier alpha value is -3.02. The summed E-state index contributed by atoms with van der Waals surface area (Å²) in [5, 5.41) is 3.03.